The third-order valence-electron chi connectivity index (χ3n) is 2.62. The molecule has 15 heavy (non-hydrogen) atoms. The van der Waals surface area contributed by atoms with Crippen LogP contribution in [0.3, 0.4) is 0 Å². The predicted octanol–water partition coefficient (Wildman–Crippen LogP) is 2.51. The molecule has 0 bridgehead atoms. The van der Waals surface area contributed by atoms with Gasteiger partial charge >= 0.3 is 0 Å². The molecule has 1 heterocycles. The SMILES string of the molecule is CNCCC(N)c1csc2ccccc12. The zero-order chi connectivity index (χ0) is 10.7. The van der Waals surface area contributed by atoms with E-state index in [1.54, 1.807) is 11.3 Å². The Morgan fingerprint density at radius 1 is 1.40 bits per heavy atom. The van der Waals surface area contributed by atoms with Gasteiger partial charge in [-0.25, -0.2) is 0 Å². The number of rotatable bonds is 4. The molecule has 80 valence electrons. The summed E-state index contributed by atoms with van der Waals surface area (Å²) in [4.78, 5) is 0. The third-order valence-corrected chi connectivity index (χ3v) is 3.60. The van der Waals surface area contributed by atoms with E-state index in [4.69, 9.17) is 5.73 Å². The summed E-state index contributed by atoms with van der Waals surface area (Å²) in [6.45, 7) is 0.964. The van der Waals surface area contributed by atoms with E-state index >= 15 is 0 Å². The van der Waals surface area contributed by atoms with Crippen LogP contribution in [-0.4, -0.2) is 13.6 Å². The van der Waals surface area contributed by atoms with Crippen molar-refractivity contribution in [1.29, 1.82) is 0 Å². The van der Waals surface area contributed by atoms with Crippen LogP contribution in [0.1, 0.15) is 18.0 Å². The van der Waals surface area contributed by atoms with E-state index in [0.29, 0.717) is 0 Å². The Labute approximate surface area is 94.1 Å². The number of nitrogens with one attached hydrogen (secondary N) is 1. The van der Waals surface area contributed by atoms with E-state index in [1.807, 2.05) is 7.05 Å². The van der Waals surface area contributed by atoms with E-state index in [2.05, 4.69) is 35.0 Å². The number of nitrogens with two attached hydrogens (primary N) is 1. The summed E-state index contributed by atoms with van der Waals surface area (Å²) < 4.78 is 1.33. The van der Waals surface area contributed by atoms with Gasteiger partial charge in [0.1, 0.15) is 0 Å². The van der Waals surface area contributed by atoms with Crippen molar-refractivity contribution in [3.8, 4) is 0 Å². The van der Waals surface area contributed by atoms with Crippen molar-refractivity contribution in [2.75, 3.05) is 13.6 Å². The predicted molar refractivity (Wildman–Crippen MR) is 67.3 cm³/mol. The fraction of sp³-hybridized carbons (Fsp3) is 0.333. The topological polar surface area (TPSA) is 38.0 Å². The van der Waals surface area contributed by atoms with Crippen LogP contribution in [0.4, 0.5) is 0 Å². The van der Waals surface area contributed by atoms with E-state index < -0.39 is 0 Å². The lowest BCUT2D eigenvalue weighted by Gasteiger charge is -2.10. The zero-order valence-corrected chi connectivity index (χ0v) is 9.68. The molecule has 0 fully saturated rings. The van der Waals surface area contributed by atoms with Gasteiger partial charge < -0.3 is 11.1 Å². The van der Waals surface area contributed by atoms with Gasteiger partial charge in [0, 0.05) is 10.7 Å². The molecule has 1 aromatic heterocycles. The highest BCUT2D eigenvalue weighted by molar-refractivity contribution is 7.17. The molecular weight excluding hydrogens is 204 g/mol. The average molecular weight is 220 g/mol. The smallest absolute Gasteiger partial charge is 0.0346 e. The lowest BCUT2D eigenvalue weighted by Crippen LogP contribution is -2.17. The number of hydrogen-bond donors (Lipinski definition) is 2. The van der Waals surface area contributed by atoms with Crippen molar-refractivity contribution < 1.29 is 0 Å². The molecule has 1 aromatic carbocycles. The first-order chi connectivity index (χ1) is 7.33. The molecule has 0 radical (unpaired) electrons. The van der Waals surface area contributed by atoms with Gasteiger partial charge in [-0.15, -0.1) is 11.3 Å². The van der Waals surface area contributed by atoms with E-state index in [1.165, 1.54) is 15.6 Å². The van der Waals surface area contributed by atoms with Gasteiger partial charge in [-0.3, -0.25) is 0 Å². The number of fused-ring (bicyclic) bond motifs is 1. The van der Waals surface area contributed by atoms with Crippen LogP contribution < -0.4 is 11.1 Å². The van der Waals surface area contributed by atoms with Crippen LogP contribution in [0.2, 0.25) is 0 Å². The van der Waals surface area contributed by atoms with Gasteiger partial charge in [-0.2, -0.15) is 0 Å². The van der Waals surface area contributed by atoms with E-state index in [9.17, 15) is 0 Å². The average Bonchev–Trinajstić information content (AvgIpc) is 2.69. The minimum absolute atomic E-state index is 0.147. The van der Waals surface area contributed by atoms with Gasteiger partial charge in [-0.1, -0.05) is 18.2 Å². The molecule has 1 unspecified atom stereocenters. The Kier molecular flexibility index (Phi) is 3.36. The largest absolute Gasteiger partial charge is 0.324 e. The second-order valence-corrected chi connectivity index (χ2v) is 4.60. The maximum Gasteiger partial charge on any atom is 0.0346 e. The van der Waals surface area contributed by atoms with Crippen LogP contribution in [0.25, 0.3) is 10.1 Å². The number of benzene rings is 1. The lowest BCUT2D eigenvalue weighted by molar-refractivity contribution is 0.620. The molecular formula is C12H16N2S. The highest BCUT2D eigenvalue weighted by atomic mass is 32.1. The number of thiophene rings is 1. The molecule has 0 aliphatic rings. The van der Waals surface area contributed by atoms with Crippen molar-refractivity contribution >= 4 is 21.4 Å². The van der Waals surface area contributed by atoms with Gasteiger partial charge in [0.25, 0.3) is 0 Å². The second kappa shape index (κ2) is 4.75. The standard InChI is InChI=1S/C12H16N2S/c1-14-7-6-11(13)10-8-15-12-5-3-2-4-9(10)12/h2-5,8,11,14H,6-7,13H2,1H3. The molecule has 2 nitrogen and oxygen atoms in total. The zero-order valence-electron chi connectivity index (χ0n) is 8.86. The fourth-order valence-corrected chi connectivity index (χ4v) is 2.77. The van der Waals surface area contributed by atoms with Crippen molar-refractivity contribution in [2.24, 2.45) is 5.73 Å². The molecule has 0 saturated carbocycles. The van der Waals surface area contributed by atoms with Gasteiger partial charge in [0.15, 0.2) is 0 Å². The fourth-order valence-electron chi connectivity index (χ4n) is 1.74. The highest BCUT2D eigenvalue weighted by Gasteiger charge is 2.10. The van der Waals surface area contributed by atoms with Crippen LogP contribution in [0.15, 0.2) is 29.6 Å². The summed E-state index contributed by atoms with van der Waals surface area (Å²) in [5.74, 6) is 0. The van der Waals surface area contributed by atoms with Gasteiger partial charge in [0.05, 0.1) is 0 Å². The van der Waals surface area contributed by atoms with E-state index in [-0.39, 0.29) is 6.04 Å². The molecule has 2 aromatic rings. The molecule has 1 atom stereocenters. The summed E-state index contributed by atoms with van der Waals surface area (Å²) in [7, 11) is 1.96. The third kappa shape index (κ3) is 2.20. The minimum atomic E-state index is 0.147. The maximum absolute atomic E-state index is 6.16. The quantitative estimate of drug-likeness (QED) is 0.831. The first-order valence-electron chi connectivity index (χ1n) is 5.19. The Balaban J connectivity index is 2.27. The summed E-state index contributed by atoms with van der Waals surface area (Å²) in [6, 6.07) is 8.59. The molecule has 0 spiro atoms. The van der Waals surface area contributed by atoms with Gasteiger partial charge in [0.2, 0.25) is 0 Å². The molecule has 3 heteroatoms. The lowest BCUT2D eigenvalue weighted by atomic mass is 10.0. The summed E-state index contributed by atoms with van der Waals surface area (Å²) in [5.41, 5.74) is 7.44. The second-order valence-electron chi connectivity index (χ2n) is 3.69. The summed E-state index contributed by atoms with van der Waals surface area (Å²) in [5, 5.41) is 6.63. The molecule has 0 aliphatic carbocycles. The van der Waals surface area contributed by atoms with Crippen LogP contribution in [0.5, 0.6) is 0 Å². The molecule has 0 aliphatic heterocycles. The number of hydrogen-bond acceptors (Lipinski definition) is 3. The van der Waals surface area contributed by atoms with E-state index in [0.717, 1.165) is 13.0 Å². The Bertz CT molecular complexity index is 436. The van der Waals surface area contributed by atoms with Crippen molar-refractivity contribution in [1.82, 2.24) is 5.32 Å². The molecule has 2 rings (SSSR count). The first kappa shape index (κ1) is 10.6. The van der Waals surface area contributed by atoms with Crippen LogP contribution in [-0.2, 0) is 0 Å². The van der Waals surface area contributed by atoms with Crippen molar-refractivity contribution in [3.63, 3.8) is 0 Å². The maximum atomic E-state index is 6.16. The van der Waals surface area contributed by atoms with Crippen molar-refractivity contribution in [2.45, 2.75) is 12.5 Å². The molecule has 0 amide bonds. The molecule has 0 saturated heterocycles. The first-order valence-corrected chi connectivity index (χ1v) is 6.07. The monoisotopic (exact) mass is 220 g/mol. The van der Waals surface area contributed by atoms with Crippen molar-refractivity contribution in [3.05, 3.63) is 35.2 Å². The summed E-state index contributed by atoms with van der Waals surface area (Å²) in [6.07, 6.45) is 0.983. The van der Waals surface area contributed by atoms with Gasteiger partial charge in [-0.05, 0) is 42.4 Å². The Morgan fingerprint density at radius 2 is 2.20 bits per heavy atom. The normalized spacial score (nSPS) is 13.2. The Hall–Kier alpha value is -0.900. The highest BCUT2D eigenvalue weighted by Crippen LogP contribution is 2.30. The Morgan fingerprint density at radius 3 is 3.00 bits per heavy atom. The summed E-state index contributed by atoms with van der Waals surface area (Å²) >= 11 is 1.78. The van der Waals surface area contributed by atoms with Crippen LogP contribution in [0, 0.1) is 0 Å². The molecule has 3 N–H and O–H groups in total. The minimum Gasteiger partial charge on any atom is -0.324 e. The van der Waals surface area contributed by atoms with Crippen LogP contribution >= 0.6 is 11.3 Å².